The van der Waals surface area contributed by atoms with E-state index >= 15 is 0 Å². The molecule has 1 saturated carbocycles. The topological polar surface area (TPSA) is 50.8 Å². The maximum absolute atomic E-state index is 14.2. The molecule has 8 heteroatoms. The molecule has 0 aromatic heterocycles. The number of nitrogens with one attached hydrogen (secondary N) is 1. The van der Waals surface area contributed by atoms with Crippen LogP contribution in [0.1, 0.15) is 41.5 Å². The second kappa shape index (κ2) is 9.53. The average molecular weight is 491 g/mol. The molecule has 1 saturated heterocycles. The van der Waals surface area contributed by atoms with Crippen LogP contribution in [-0.4, -0.2) is 43.7 Å². The molecule has 0 radical (unpaired) electrons. The molecule has 1 aliphatic carbocycles. The summed E-state index contributed by atoms with van der Waals surface area (Å²) in [6.45, 7) is 2.24. The van der Waals surface area contributed by atoms with E-state index in [2.05, 4.69) is 5.32 Å². The molecule has 2 atom stereocenters. The first kappa shape index (κ1) is 23.7. The molecule has 2 aromatic carbocycles. The standard InChI is InChI=1S/C26H29ClF2N2O3/c1-33-9-6-16-2-5-22(27)17(10-16)14-31(19-3-4-19)25(32)21-13-30-8-7-26(21)20-12-24(29)23(28)11-18(20)15-34-26/h2,5,10-12,19,21,30H,3-4,6-9,13-15H2,1H3/t21-,26?/m1/s1. The lowest BCUT2D eigenvalue weighted by atomic mass is 9.75. The molecule has 2 aromatic rings. The van der Waals surface area contributed by atoms with Gasteiger partial charge in [0.1, 0.15) is 5.60 Å². The van der Waals surface area contributed by atoms with Crippen LogP contribution in [-0.2, 0) is 39.4 Å². The Kier molecular flexibility index (Phi) is 6.64. The number of fused-ring (bicyclic) bond motifs is 2. The zero-order valence-electron chi connectivity index (χ0n) is 19.2. The monoisotopic (exact) mass is 490 g/mol. The molecular formula is C26H29ClF2N2O3. The first-order valence-corrected chi connectivity index (χ1v) is 12.2. The summed E-state index contributed by atoms with van der Waals surface area (Å²) in [5.41, 5.74) is 2.26. The molecule has 2 fully saturated rings. The van der Waals surface area contributed by atoms with E-state index in [1.807, 2.05) is 23.1 Å². The third-order valence-electron chi connectivity index (χ3n) is 7.29. The van der Waals surface area contributed by atoms with Crippen LogP contribution in [0.5, 0.6) is 0 Å². The van der Waals surface area contributed by atoms with Crippen molar-refractivity contribution in [3.63, 3.8) is 0 Å². The lowest BCUT2D eigenvalue weighted by molar-refractivity contribution is -0.157. The average Bonchev–Trinajstić information content (AvgIpc) is 3.63. The number of piperidine rings is 1. The molecule has 3 aliphatic rings. The highest BCUT2D eigenvalue weighted by atomic mass is 35.5. The summed E-state index contributed by atoms with van der Waals surface area (Å²) in [5.74, 6) is -2.38. The molecule has 1 spiro atoms. The number of methoxy groups -OCH3 is 1. The zero-order chi connectivity index (χ0) is 23.9. The van der Waals surface area contributed by atoms with Crippen molar-refractivity contribution in [1.29, 1.82) is 0 Å². The number of rotatable bonds is 7. The highest BCUT2D eigenvalue weighted by Crippen LogP contribution is 2.48. The summed E-state index contributed by atoms with van der Waals surface area (Å²) < 4.78 is 39.5. The zero-order valence-corrected chi connectivity index (χ0v) is 20.0. The molecule has 34 heavy (non-hydrogen) atoms. The van der Waals surface area contributed by atoms with Crippen LogP contribution < -0.4 is 5.32 Å². The summed E-state index contributed by atoms with van der Waals surface area (Å²) in [5, 5.41) is 3.93. The number of amides is 1. The Morgan fingerprint density at radius 3 is 2.82 bits per heavy atom. The molecule has 5 nitrogen and oxygen atoms in total. The van der Waals surface area contributed by atoms with Crippen LogP contribution >= 0.6 is 11.6 Å². The molecule has 182 valence electrons. The molecular weight excluding hydrogens is 462 g/mol. The fourth-order valence-electron chi connectivity index (χ4n) is 5.31. The molecule has 2 aliphatic heterocycles. The van der Waals surface area contributed by atoms with Gasteiger partial charge in [-0.3, -0.25) is 4.79 Å². The van der Waals surface area contributed by atoms with Crippen molar-refractivity contribution in [1.82, 2.24) is 10.2 Å². The van der Waals surface area contributed by atoms with Gasteiger partial charge in [0.2, 0.25) is 5.91 Å². The summed E-state index contributed by atoms with van der Waals surface area (Å²) in [6, 6.07) is 8.46. The SMILES string of the molecule is COCCc1ccc(Cl)c(CN(C(=O)[C@H]2CNCCC23OCc2cc(F)c(F)cc23)C2CC2)c1. The van der Waals surface area contributed by atoms with Crippen LogP contribution in [0.25, 0.3) is 0 Å². The van der Waals surface area contributed by atoms with Crippen LogP contribution in [0.15, 0.2) is 30.3 Å². The van der Waals surface area contributed by atoms with Gasteiger partial charge in [0, 0.05) is 31.3 Å². The highest BCUT2D eigenvalue weighted by molar-refractivity contribution is 6.31. The summed E-state index contributed by atoms with van der Waals surface area (Å²) in [7, 11) is 1.67. The predicted octanol–water partition coefficient (Wildman–Crippen LogP) is 4.33. The van der Waals surface area contributed by atoms with Crippen molar-refractivity contribution in [2.75, 3.05) is 26.8 Å². The minimum Gasteiger partial charge on any atom is -0.384 e. The number of halogens is 3. The molecule has 1 unspecified atom stereocenters. The van der Waals surface area contributed by atoms with Crippen molar-refractivity contribution >= 4 is 17.5 Å². The first-order chi connectivity index (χ1) is 16.4. The number of ether oxygens (including phenoxy) is 2. The Balaban J connectivity index is 1.45. The van der Waals surface area contributed by atoms with Gasteiger partial charge in [-0.05, 0) is 72.7 Å². The number of benzene rings is 2. The summed E-state index contributed by atoms with van der Waals surface area (Å²) in [4.78, 5) is 16.0. The Labute approximate surface area is 203 Å². The Morgan fingerprint density at radius 1 is 1.26 bits per heavy atom. The Morgan fingerprint density at radius 2 is 2.06 bits per heavy atom. The van der Waals surface area contributed by atoms with Gasteiger partial charge >= 0.3 is 0 Å². The van der Waals surface area contributed by atoms with Gasteiger partial charge in [0.15, 0.2) is 11.6 Å². The third-order valence-corrected chi connectivity index (χ3v) is 7.66. The van der Waals surface area contributed by atoms with Crippen LogP contribution in [0, 0.1) is 17.6 Å². The van der Waals surface area contributed by atoms with E-state index in [1.165, 1.54) is 12.1 Å². The normalized spacial score (nSPS) is 23.8. The summed E-state index contributed by atoms with van der Waals surface area (Å²) >= 11 is 6.53. The predicted molar refractivity (Wildman–Crippen MR) is 124 cm³/mol. The molecule has 5 rings (SSSR count). The smallest absolute Gasteiger partial charge is 0.230 e. The fourth-order valence-corrected chi connectivity index (χ4v) is 5.49. The highest BCUT2D eigenvalue weighted by Gasteiger charge is 2.53. The van der Waals surface area contributed by atoms with Crippen molar-refractivity contribution in [3.8, 4) is 0 Å². The lowest BCUT2D eigenvalue weighted by Crippen LogP contribution is -2.55. The van der Waals surface area contributed by atoms with E-state index < -0.39 is 23.2 Å². The van der Waals surface area contributed by atoms with Crippen LogP contribution in [0.3, 0.4) is 0 Å². The fraction of sp³-hybridized carbons (Fsp3) is 0.500. The van der Waals surface area contributed by atoms with E-state index in [9.17, 15) is 13.6 Å². The van der Waals surface area contributed by atoms with E-state index in [0.717, 1.165) is 30.4 Å². The Bertz CT molecular complexity index is 1090. The number of hydrogen-bond donors (Lipinski definition) is 1. The molecule has 0 bridgehead atoms. The minimum absolute atomic E-state index is 0.0364. The summed E-state index contributed by atoms with van der Waals surface area (Å²) in [6.07, 6.45) is 3.17. The number of nitrogens with zero attached hydrogens (tertiary/aromatic N) is 1. The largest absolute Gasteiger partial charge is 0.384 e. The van der Waals surface area contributed by atoms with Crippen molar-refractivity contribution in [3.05, 3.63) is 69.2 Å². The van der Waals surface area contributed by atoms with Crippen LogP contribution in [0.2, 0.25) is 5.02 Å². The second-order valence-corrected chi connectivity index (χ2v) is 9.88. The first-order valence-electron chi connectivity index (χ1n) is 11.8. The van der Waals surface area contributed by atoms with E-state index in [1.54, 1.807) is 7.11 Å². The van der Waals surface area contributed by atoms with Gasteiger partial charge in [0.25, 0.3) is 0 Å². The quantitative estimate of drug-likeness (QED) is 0.627. The molecule has 1 amide bonds. The lowest BCUT2D eigenvalue weighted by Gasteiger charge is -2.43. The van der Waals surface area contributed by atoms with Gasteiger partial charge in [-0.1, -0.05) is 23.7 Å². The third kappa shape index (κ3) is 4.35. The number of carbonyl (C=O) groups excluding carboxylic acids is 1. The van der Waals surface area contributed by atoms with Gasteiger partial charge in [0.05, 0.1) is 19.1 Å². The second-order valence-electron chi connectivity index (χ2n) is 9.47. The Hall–Kier alpha value is -2.06. The number of hydrogen-bond acceptors (Lipinski definition) is 4. The van der Waals surface area contributed by atoms with E-state index in [-0.39, 0.29) is 18.6 Å². The van der Waals surface area contributed by atoms with Gasteiger partial charge in [-0.15, -0.1) is 0 Å². The van der Waals surface area contributed by atoms with Crippen molar-refractivity contribution in [2.45, 2.75) is 50.5 Å². The van der Waals surface area contributed by atoms with Gasteiger partial charge < -0.3 is 19.7 Å². The van der Waals surface area contributed by atoms with Crippen molar-refractivity contribution < 1.29 is 23.0 Å². The van der Waals surface area contributed by atoms with E-state index in [4.69, 9.17) is 21.1 Å². The van der Waals surface area contributed by atoms with Gasteiger partial charge in [-0.2, -0.15) is 0 Å². The molecule has 2 heterocycles. The molecule has 1 N–H and O–H groups in total. The maximum Gasteiger partial charge on any atom is 0.230 e. The van der Waals surface area contributed by atoms with E-state index in [0.29, 0.717) is 48.8 Å². The minimum atomic E-state index is -0.955. The van der Waals surface area contributed by atoms with Crippen molar-refractivity contribution in [2.24, 2.45) is 5.92 Å². The maximum atomic E-state index is 14.2. The van der Waals surface area contributed by atoms with Gasteiger partial charge in [-0.25, -0.2) is 8.78 Å². The van der Waals surface area contributed by atoms with Crippen LogP contribution in [0.4, 0.5) is 8.78 Å². The number of carbonyl (C=O) groups is 1.